The topological polar surface area (TPSA) is 48.4 Å². The quantitative estimate of drug-likeness (QED) is 0.626. The molecule has 0 amide bonds. The van der Waals surface area contributed by atoms with Gasteiger partial charge in [-0.15, -0.1) is 0 Å². The fourth-order valence-electron chi connectivity index (χ4n) is 1.61. The minimum Gasteiger partial charge on any atom is -0.487 e. The third-order valence-electron chi connectivity index (χ3n) is 2.69. The van der Waals surface area contributed by atoms with Crippen molar-refractivity contribution in [1.82, 2.24) is 4.98 Å². The second-order valence-corrected chi connectivity index (χ2v) is 4.60. The van der Waals surface area contributed by atoms with Gasteiger partial charge < -0.3 is 9.47 Å². The number of esters is 1. The molecule has 0 aliphatic rings. The molecular weight excluding hydrogens is 290 g/mol. The Balaban J connectivity index is 2.02. The summed E-state index contributed by atoms with van der Waals surface area (Å²) in [6, 6.07) is 9.06. The van der Waals surface area contributed by atoms with E-state index in [-0.39, 0.29) is 0 Å². The van der Waals surface area contributed by atoms with Gasteiger partial charge in [0.15, 0.2) is 0 Å². The van der Waals surface area contributed by atoms with Crippen LogP contribution in [0, 0.1) is 0 Å². The molecule has 2 rings (SSSR count). The molecule has 0 aliphatic carbocycles. The number of hydrogen-bond donors (Lipinski definition) is 0. The molecule has 0 bridgehead atoms. The number of hydrogen-bond acceptors (Lipinski definition) is 4. The average molecular weight is 304 g/mol. The lowest BCUT2D eigenvalue weighted by molar-refractivity contribution is -0.134. The molecule has 0 saturated carbocycles. The Morgan fingerprint density at radius 3 is 2.90 bits per heavy atom. The zero-order valence-corrected chi connectivity index (χ0v) is 12.2. The number of carbonyl (C=O) groups is 1. The fourth-order valence-corrected chi connectivity index (χ4v) is 1.86. The number of nitrogens with zero attached hydrogens (tertiary/aromatic N) is 1. The van der Waals surface area contributed by atoms with Gasteiger partial charge in [-0.05, 0) is 29.8 Å². The summed E-state index contributed by atoms with van der Waals surface area (Å²) in [5, 5.41) is 0.478. The SMILES string of the molecule is COC(=O)/C=C/c1ccc(OCc2cccnc2)c(Cl)c1. The molecule has 2 aromatic rings. The first-order valence-corrected chi connectivity index (χ1v) is 6.64. The zero-order valence-electron chi connectivity index (χ0n) is 11.5. The molecule has 5 heteroatoms. The number of rotatable bonds is 5. The van der Waals surface area contributed by atoms with Crippen LogP contribution in [0.4, 0.5) is 0 Å². The van der Waals surface area contributed by atoms with Crippen molar-refractivity contribution >= 4 is 23.6 Å². The van der Waals surface area contributed by atoms with E-state index in [2.05, 4.69) is 9.72 Å². The van der Waals surface area contributed by atoms with E-state index in [4.69, 9.17) is 16.3 Å². The molecule has 0 radical (unpaired) electrons. The molecule has 0 spiro atoms. The van der Waals surface area contributed by atoms with Crippen LogP contribution in [-0.4, -0.2) is 18.1 Å². The molecule has 0 N–H and O–H groups in total. The van der Waals surface area contributed by atoms with E-state index >= 15 is 0 Å². The number of ether oxygens (including phenoxy) is 2. The molecule has 4 nitrogen and oxygen atoms in total. The van der Waals surface area contributed by atoms with Crippen molar-refractivity contribution in [2.45, 2.75) is 6.61 Å². The van der Waals surface area contributed by atoms with Crippen molar-refractivity contribution in [3.63, 3.8) is 0 Å². The summed E-state index contributed by atoms with van der Waals surface area (Å²) in [5.74, 6) is 0.166. The summed E-state index contributed by atoms with van der Waals surface area (Å²) in [7, 11) is 1.33. The second kappa shape index (κ2) is 7.45. The lowest BCUT2D eigenvalue weighted by atomic mass is 10.2. The summed E-state index contributed by atoms with van der Waals surface area (Å²) < 4.78 is 10.2. The monoisotopic (exact) mass is 303 g/mol. The molecule has 0 unspecified atom stereocenters. The van der Waals surface area contributed by atoms with Gasteiger partial charge in [-0.3, -0.25) is 4.98 Å². The molecule has 0 aliphatic heterocycles. The summed E-state index contributed by atoms with van der Waals surface area (Å²) >= 11 is 6.15. The van der Waals surface area contributed by atoms with E-state index in [1.807, 2.05) is 18.2 Å². The molecule has 1 aromatic carbocycles. The second-order valence-electron chi connectivity index (χ2n) is 4.20. The van der Waals surface area contributed by atoms with Gasteiger partial charge in [-0.1, -0.05) is 23.7 Å². The van der Waals surface area contributed by atoms with Crippen LogP contribution < -0.4 is 4.74 Å². The van der Waals surface area contributed by atoms with Gasteiger partial charge in [-0.25, -0.2) is 4.79 Å². The summed E-state index contributed by atoms with van der Waals surface area (Å²) in [5.41, 5.74) is 1.75. The van der Waals surface area contributed by atoms with Crippen molar-refractivity contribution in [3.05, 3.63) is 65.0 Å². The first kappa shape index (κ1) is 15.1. The maximum absolute atomic E-state index is 11.0. The van der Waals surface area contributed by atoms with E-state index < -0.39 is 5.97 Å². The Labute approximate surface area is 128 Å². The number of pyridine rings is 1. The van der Waals surface area contributed by atoms with Crippen molar-refractivity contribution in [2.24, 2.45) is 0 Å². The van der Waals surface area contributed by atoms with Gasteiger partial charge in [0.25, 0.3) is 0 Å². The highest BCUT2D eigenvalue weighted by Gasteiger charge is 2.03. The van der Waals surface area contributed by atoms with Crippen LogP contribution in [-0.2, 0) is 16.1 Å². The normalized spacial score (nSPS) is 10.6. The predicted octanol–water partition coefficient (Wildman–Crippen LogP) is 3.50. The van der Waals surface area contributed by atoms with Gasteiger partial charge in [0.2, 0.25) is 0 Å². The first-order valence-electron chi connectivity index (χ1n) is 6.26. The standard InChI is InChI=1S/C16H14ClNO3/c1-20-16(19)7-5-12-4-6-15(14(17)9-12)21-11-13-3-2-8-18-10-13/h2-10H,11H2,1H3/b7-5+. The van der Waals surface area contributed by atoms with E-state index in [0.717, 1.165) is 11.1 Å². The minimum absolute atomic E-state index is 0.394. The molecule has 21 heavy (non-hydrogen) atoms. The van der Waals surface area contributed by atoms with Crippen LogP contribution in [0.25, 0.3) is 6.08 Å². The zero-order chi connectivity index (χ0) is 15.1. The van der Waals surface area contributed by atoms with Gasteiger partial charge >= 0.3 is 5.97 Å². The van der Waals surface area contributed by atoms with Gasteiger partial charge in [-0.2, -0.15) is 0 Å². The van der Waals surface area contributed by atoms with Crippen LogP contribution in [0.15, 0.2) is 48.8 Å². The Kier molecular flexibility index (Phi) is 5.35. The number of benzene rings is 1. The molecular formula is C16H14ClNO3. The molecule has 108 valence electrons. The average Bonchev–Trinajstić information content (AvgIpc) is 2.52. The van der Waals surface area contributed by atoms with E-state index in [0.29, 0.717) is 17.4 Å². The highest BCUT2D eigenvalue weighted by molar-refractivity contribution is 6.32. The van der Waals surface area contributed by atoms with E-state index in [1.165, 1.54) is 13.2 Å². The molecule has 1 heterocycles. The Morgan fingerprint density at radius 1 is 1.38 bits per heavy atom. The Morgan fingerprint density at radius 2 is 2.24 bits per heavy atom. The molecule has 0 fully saturated rings. The molecule has 0 saturated heterocycles. The largest absolute Gasteiger partial charge is 0.487 e. The van der Waals surface area contributed by atoms with Crippen LogP contribution in [0.5, 0.6) is 5.75 Å². The Hall–Kier alpha value is -2.33. The molecule has 0 atom stereocenters. The van der Waals surface area contributed by atoms with Crippen molar-refractivity contribution in [1.29, 1.82) is 0 Å². The van der Waals surface area contributed by atoms with Gasteiger partial charge in [0.05, 0.1) is 12.1 Å². The third kappa shape index (κ3) is 4.61. The fraction of sp³-hybridized carbons (Fsp3) is 0.125. The van der Waals surface area contributed by atoms with Crippen molar-refractivity contribution < 1.29 is 14.3 Å². The number of halogens is 1. The van der Waals surface area contributed by atoms with Crippen LogP contribution >= 0.6 is 11.6 Å². The highest BCUT2D eigenvalue weighted by atomic mass is 35.5. The van der Waals surface area contributed by atoms with Crippen LogP contribution in [0.2, 0.25) is 5.02 Å². The lowest BCUT2D eigenvalue weighted by Crippen LogP contribution is -1.96. The van der Waals surface area contributed by atoms with Crippen molar-refractivity contribution in [2.75, 3.05) is 7.11 Å². The number of carbonyl (C=O) groups excluding carboxylic acids is 1. The lowest BCUT2D eigenvalue weighted by Gasteiger charge is -2.08. The first-order chi connectivity index (χ1) is 10.2. The predicted molar refractivity (Wildman–Crippen MR) is 81.1 cm³/mol. The minimum atomic E-state index is -0.414. The van der Waals surface area contributed by atoms with Gasteiger partial charge in [0.1, 0.15) is 12.4 Å². The Bertz CT molecular complexity index is 641. The highest BCUT2D eigenvalue weighted by Crippen LogP contribution is 2.26. The summed E-state index contributed by atoms with van der Waals surface area (Å²) in [4.78, 5) is 15.0. The maximum Gasteiger partial charge on any atom is 0.330 e. The summed E-state index contributed by atoms with van der Waals surface area (Å²) in [6.07, 6.45) is 6.41. The third-order valence-corrected chi connectivity index (χ3v) is 2.98. The number of aromatic nitrogens is 1. The smallest absolute Gasteiger partial charge is 0.330 e. The van der Waals surface area contributed by atoms with E-state index in [1.54, 1.807) is 30.6 Å². The summed E-state index contributed by atoms with van der Waals surface area (Å²) in [6.45, 7) is 0.394. The number of methoxy groups -OCH3 is 1. The van der Waals surface area contributed by atoms with Crippen molar-refractivity contribution in [3.8, 4) is 5.75 Å². The molecule has 1 aromatic heterocycles. The van der Waals surface area contributed by atoms with Gasteiger partial charge in [0, 0.05) is 24.0 Å². The van der Waals surface area contributed by atoms with E-state index in [9.17, 15) is 4.79 Å². The van der Waals surface area contributed by atoms with Crippen LogP contribution in [0.1, 0.15) is 11.1 Å². The maximum atomic E-state index is 11.0. The van der Waals surface area contributed by atoms with Crippen LogP contribution in [0.3, 0.4) is 0 Å².